The van der Waals surface area contributed by atoms with Gasteiger partial charge < -0.3 is 15.2 Å². The number of pyridine rings is 1. The lowest BCUT2D eigenvalue weighted by Gasteiger charge is -2.24. The molecule has 0 aliphatic carbocycles. The van der Waals surface area contributed by atoms with Crippen molar-refractivity contribution in [3.05, 3.63) is 24.0 Å². The molecule has 1 rings (SSSR count). The molecule has 16 heavy (non-hydrogen) atoms. The van der Waals surface area contributed by atoms with Crippen LogP contribution in [0.5, 0.6) is 5.75 Å². The largest absolute Gasteiger partial charge is 0.492 e. The SMILES string of the molecule is CCOCC(C)(N)c1cncc(OCC)c1. The van der Waals surface area contributed by atoms with E-state index in [2.05, 4.69) is 4.98 Å². The van der Waals surface area contributed by atoms with E-state index in [9.17, 15) is 0 Å². The molecule has 0 saturated heterocycles. The summed E-state index contributed by atoms with van der Waals surface area (Å²) >= 11 is 0. The van der Waals surface area contributed by atoms with Crippen LogP contribution >= 0.6 is 0 Å². The molecule has 1 aromatic rings. The van der Waals surface area contributed by atoms with Crippen LogP contribution in [0.1, 0.15) is 26.3 Å². The molecule has 0 fully saturated rings. The lowest BCUT2D eigenvalue weighted by molar-refractivity contribution is 0.101. The maximum atomic E-state index is 6.17. The van der Waals surface area contributed by atoms with Crippen LogP contribution in [0.2, 0.25) is 0 Å². The predicted molar refractivity (Wildman–Crippen MR) is 63.4 cm³/mol. The molecule has 0 aliphatic heterocycles. The zero-order chi connectivity index (χ0) is 12.0. The Balaban J connectivity index is 2.80. The van der Waals surface area contributed by atoms with E-state index in [-0.39, 0.29) is 0 Å². The van der Waals surface area contributed by atoms with Crippen molar-refractivity contribution >= 4 is 0 Å². The molecule has 0 saturated carbocycles. The van der Waals surface area contributed by atoms with E-state index in [1.54, 1.807) is 12.4 Å². The lowest BCUT2D eigenvalue weighted by atomic mass is 9.96. The van der Waals surface area contributed by atoms with Gasteiger partial charge in [-0.3, -0.25) is 4.98 Å². The maximum absolute atomic E-state index is 6.17. The van der Waals surface area contributed by atoms with Gasteiger partial charge >= 0.3 is 0 Å². The Bertz CT molecular complexity index is 327. The number of nitrogens with zero attached hydrogens (tertiary/aromatic N) is 1. The normalized spacial score (nSPS) is 14.5. The van der Waals surface area contributed by atoms with E-state index < -0.39 is 5.54 Å². The Kier molecular flexibility index (Phi) is 4.71. The van der Waals surface area contributed by atoms with Crippen LogP contribution in [0.3, 0.4) is 0 Å². The summed E-state index contributed by atoms with van der Waals surface area (Å²) < 4.78 is 10.7. The first-order valence-electron chi connectivity index (χ1n) is 5.55. The fourth-order valence-corrected chi connectivity index (χ4v) is 1.37. The van der Waals surface area contributed by atoms with Crippen LogP contribution in [0.15, 0.2) is 18.5 Å². The van der Waals surface area contributed by atoms with Gasteiger partial charge in [0.25, 0.3) is 0 Å². The molecule has 1 atom stereocenters. The van der Waals surface area contributed by atoms with Gasteiger partial charge in [0.2, 0.25) is 0 Å². The summed E-state index contributed by atoms with van der Waals surface area (Å²) in [6.07, 6.45) is 3.44. The Hall–Kier alpha value is -1.13. The Labute approximate surface area is 96.8 Å². The van der Waals surface area contributed by atoms with Crippen LogP contribution in [0.4, 0.5) is 0 Å². The highest BCUT2D eigenvalue weighted by molar-refractivity contribution is 5.28. The zero-order valence-electron chi connectivity index (χ0n) is 10.2. The first-order chi connectivity index (χ1) is 7.60. The second kappa shape index (κ2) is 5.82. The molecule has 1 heterocycles. The highest BCUT2D eigenvalue weighted by Crippen LogP contribution is 2.21. The monoisotopic (exact) mass is 224 g/mol. The van der Waals surface area contributed by atoms with Crippen molar-refractivity contribution in [1.29, 1.82) is 0 Å². The molecule has 1 unspecified atom stereocenters. The van der Waals surface area contributed by atoms with Crippen LogP contribution in [0.25, 0.3) is 0 Å². The molecule has 0 bridgehead atoms. The summed E-state index contributed by atoms with van der Waals surface area (Å²) in [6.45, 7) is 7.57. The van der Waals surface area contributed by atoms with Crippen molar-refractivity contribution in [2.75, 3.05) is 19.8 Å². The van der Waals surface area contributed by atoms with Crippen LogP contribution in [-0.2, 0) is 10.3 Å². The van der Waals surface area contributed by atoms with Crippen molar-refractivity contribution in [3.63, 3.8) is 0 Å². The predicted octanol–water partition coefficient (Wildman–Crippen LogP) is 1.69. The van der Waals surface area contributed by atoms with Crippen molar-refractivity contribution in [2.24, 2.45) is 5.73 Å². The molecular formula is C12H20N2O2. The van der Waals surface area contributed by atoms with Gasteiger partial charge in [-0.05, 0) is 32.4 Å². The molecule has 0 aromatic carbocycles. The quantitative estimate of drug-likeness (QED) is 0.799. The minimum Gasteiger partial charge on any atom is -0.492 e. The number of aromatic nitrogens is 1. The molecule has 2 N–H and O–H groups in total. The van der Waals surface area contributed by atoms with Crippen LogP contribution in [-0.4, -0.2) is 24.8 Å². The van der Waals surface area contributed by atoms with E-state index in [1.807, 2.05) is 26.8 Å². The van der Waals surface area contributed by atoms with E-state index in [0.717, 1.165) is 11.3 Å². The number of hydrogen-bond donors (Lipinski definition) is 1. The molecule has 1 aromatic heterocycles. The molecule has 0 radical (unpaired) electrons. The average Bonchev–Trinajstić information content (AvgIpc) is 2.27. The molecule has 4 heteroatoms. The third-order valence-electron chi connectivity index (χ3n) is 2.29. The summed E-state index contributed by atoms with van der Waals surface area (Å²) in [5.74, 6) is 0.744. The van der Waals surface area contributed by atoms with Crippen LogP contribution < -0.4 is 10.5 Å². The van der Waals surface area contributed by atoms with Gasteiger partial charge in [-0.25, -0.2) is 0 Å². The molecule has 0 spiro atoms. The number of rotatable bonds is 6. The van der Waals surface area contributed by atoms with Crippen molar-refractivity contribution in [3.8, 4) is 5.75 Å². The Morgan fingerprint density at radius 1 is 1.31 bits per heavy atom. The topological polar surface area (TPSA) is 57.4 Å². The van der Waals surface area contributed by atoms with Crippen LogP contribution in [0, 0.1) is 0 Å². The molecule has 0 aliphatic rings. The highest BCUT2D eigenvalue weighted by atomic mass is 16.5. The van der Waals surface area contributed by atoms with E-state index in [0.29, 0.717) is 19.8 Å². The third kappa shape index (κ3) is 3.47. The van der Waals surface area contributed by atoms with Crippen molar-refractivity contribution in [1.82, 2.24) is 4.98 Å². The minimum absolute atomic E-state index is 0.473. The van der Waals surface area contributed by atoms with Gasteiger partial charge in [-0.2, -0.15) is 0 Å². The summed E-state index contributed by atoms with van der Waals surface area (Å²) in [5, 5.41) is 0. The van der Waals surface area contributed by atoms with E-state index >= 15 is 0 Å². The van der Waals surface area contributed by atoms with Gasteiger partial charge in [0.15, 0.2) is 0 Å². The first kappa shape index (κ1) is 12.9. The summed E-state index contributed by atoms with van der Waals surface area (Å²) in [4.78, 5) is 4.12. The van der Waals surface area contributed by atoms with Crippen molar-refractivity contribution in [2.45, 2.75) is 26.3 Å². The summed E-state index contributed by atoms with van der Waals surface area (Å²) in [5.41, 5.74) is 6.56. The standard InChI is InChI=1S/C12H20N2O2/c1-4-15-9-12(3,13)10-6-11(16-5-2)8-14-7-10/h6-8H,4-5,9,13H2,1-3H3. The van der Waals surface area contributed by atoms with Gasteiger partial charge in [0.1, 0.15) is 5.75 Å². The smallest absolute Gasteiger partial charge is 0.137 e. The fourth-order valence-electron chi connectivity index (χ4n) is 1.37. The van der Waals surface area contributed by atoms with Gasteiger partial charge in [-0.1, -0.05) is 0 Å². The number of nitrogens with two attached hydrogens (primary N) is 1. The second-order valence-electron chi connectivity index (χ2n) is 3.90. The number of ether oxygens (including phenoxy) is 2. The molecule has 90 valence electrons. The second-order valence-corrected chi connectivity index (χ2v) is 3.90. The van der Waals surface area contributed by atoms with E-state index in [1.165, 1.54) is 0 Å². The molecular weight excluding hydrogens is 204 g/mol. The summed E-state index contributed by atoms with van der Waals surface area (Å²) in [6, 6.07) is 1.91. The Morgan fingerprint density at radius 3 is 2.69 bits per heavy atom. The number of hydrogen-bond acceptors (Lipinski definition) is 4. The Morgan fingerprint density at radius 2 is 2.06 bits per heavy atom. The summed E-state index contributed by atoms with van der Waals surface area (Å²) in [7, 11) is 0. The van der Waals surface area contributed by atoms with Gasteiger partial charge in [0, 0.05) is 12.8 Å². The third-order valence-corrected chi connectivity index (χ3v) is 2.29. The van der Waals surface area contributed by atoms with Crippen molar-refractivity contribution < 1.29 is 9.47 Å². The first-order valence-corrected chi connectivity index (χ1v) is 5.55. The lowest BCUT2D eigenvalue weighted by Crippen LogP contribution is -2.38. The van der Waals surface area contributed by atoms with Gasteiger partial charge in [0.05, 0.1) is 24.9 Å². The molecule has 4 nitrogen and oxygen atoms in total. The van der Waals surface area contributed by atoms with E-state index in [4.69, 9.17) is 15.2 Å². The van der Waals surface area contributed by atoms with Gasteiger partial charge in [-0.15, -0.1) is 0 Å². The average molecular weight is 224 g/mol. The molecule has 0 amide bonds. The fraction of sp³-hybridized carbons (Fsp3) is 0.583. The zero-order valence-corrected chi connectivity index (χ0v) is 10.2. The highest BCUT2D eigenvalue weighted by Gasteiger charge is 2.22. The minimum atomic E-state index is -0.532. The maximum Gasteiger partial charge on any atom is 0.137 e.